The Morgan fingerprint density at radius 2 is 1.69 bits per heavy atom. The molecule has 1 fully saturated rings. The van der Waals surface area contributed by atoms with Crippen molar-refractivity contribution in [2.75, 3.05) is 5.75 Å². The summed E-state index contributed by atoms with van der Waals surface area (Å²) in [5, 5.41) is 40.7. The van der Waals surface area contributed by atoms with Crippen LogP contribution < -0.4 is 16.0 Å². The topological polar surface area (TPSA) is 164 Å². The zero-order valence-electron chi connectivity index (χ0n) is 25.8. The quantitative estimate of drug-likeness (QED) is 0.118. The molecular weight excluding hydrogens is 613 g/mol. The predicted octanol–water partition coefficient (Wildman–Crippen LogP) is 4.40. The van der Waals surface area contributed by atoms with Crippen LogP contribution in [0.1, 0.15) is 69.0 Å². The molecule has 1 aromatic heterocycles. The molecule has 2 unspecified atom stereocenters. The van der Waals surface area contributed by atoms with Crippen molar-refractivity contribution in [3.05, 3.63) is 73.8 Å². The monoisotopic (exact) mass is 654 g/mol. The summed E-state index contributed by atoms with van der Waals surface area (Å²) in [5.41, 5.74) is 7.91. The van der Waals surface area contributed by atoms with Gasteiger partial charge in [-0.15, -0.1) is 0 Å². The second-order valence-corrected chi connectivity index (χ2v) is 12.6. The van der Waals surface area contributed by atoms with Gasteiger partial charge < -0.3 is 36.3 Å². The summed E-state index contributed by atoms with van der Waals surface area (Å²) in [5.74, 6) is -1.39. The van der Waals surface area contributed by atoms with Crippen LogP contribution in [0.2, 0.25) is 0 Å². The van der Waals surface area contributed by atoms with Gasteiger partial charge in [0.25, 0.3) is 5.91 Å². The number of carbonyl (C=O) groups is 3. The van der Waals surface area contributed by atoms with Gasteiger partial charge >= 0.3 is 11.9 Å². The molecule has 0 aromatic carbocycles. The summed E-state index contributed by atoms with van der Waals surface area (Å²) in [6.07, 6.45) is 9.09. The van der Waals surface area contributed by atoms with Crippen LogP contribution in [0.4, 0.5) is 0 Å². The Morgan fingerprint density at radius 1 is 0.978 bits per heavy atom. The Morgan fingerprint density at radius 3 is 2.33 bits per heavy atom. The summed E-state index contributed by atoms with van der Waals surface area (Å²) in [7, 11) is 0. The molecule has 7 N–H and O–H groups in total. The standard InChI is InChI=1S/C33H42N4O6S2/c1-16-20(5-7-30(38)39)27(34-24(16)13-26-18(3)23(10-12-45)33(43)36-26)15-28-21(6-8-31(40)41)17(2)25(35-28)14-29-22(9-11-44)19(4)32(42)37-29/h6,8,10,12,14-15,19,22,24,26,32,34-35,37,42,44-45H,5,7,9,11,13H2,1-4H3,(H,36,43)(H,38,39)(H,40,41)/b8-6+,12-10-,27-15-,29-14-/t19-,22-,24?,26-,32?/m1/s1. The number of carbonyl (C=O) groups excluding carboxylic acids is 1. The molecule has 0 radical (unpaired) electrons. The number of thiol groups is 2. The van der Waals surface area contributed by atoms with E-state index < -0.39 is 18.2 Å². The number of amides is 1. The van der Waals surface area contributed by atoms with Crippen LogP contribution in [0, 0.1) is 18.8 Å². The molecule has 1 aromatic rings. The van der Waals surface area contributed by atoms with Crippen LogP contribution in [0.3, 0.4) is 0 Å². The lowest BCUT2D eigenvalue weighted by Gasteiger charge is -2.20. The molecule has 0 saturated carbocycles. The lowest BCUT2D eigenvalue weighted by Crippen LogP contribution is -2.36. The third-order valence-electron chi connectivity index (χ3n) is 9.09. The number of H-pyrrole nitrogens is 1. The molecule has 4 heterocycles. The number of rotatable bonds is 12. The SMILES string of the molecule is CC1=C(CCC(=O)O)/C(=C/c2[nH]c(/C=C3\NC(O)[C@H](C)[C@H]3CCS)c(C)c2/C=C/C(=O)O)NC1C[C@H]1NC(=O)C(/C=C\S)=C1C. The van der Waals surface area contributed by atoms with E-state index in [1.807, 2.05) is 39.8 Å². The number of carboxylic acids is 2. The van der Waals surface area contributed by atoms with Gasteiger partial charge in [-0.1, -0.05) is 6.92 Å². The first-order valence-electron chi connectivity index (χ1n) is 15.0. The van der Waals surface area contributed by atoms with Crippen molar-refractivity contribution < 1.29 is 29.7 Å². The summed E-state index contributed by atoms with van der Waals surface area (Å²) in [6.45, 7) is 7.79. The number of hydrogen-bond acceptors (Lipinski definition) is 8. The van der Waals surface area contributed by atoms with Crippen LogP contribution >= 0.6 is 25.3 Å². The smallest absolute Gasteiger partial charge is 0.328 e. The van der Waals surface area contributed by atoms with Crippen LogP contribution in [0.15, 0.2) is 51.2 Å². The van der Waals surface area contributed by atoms with Gasteiger partial charge in [-0.2, -0.15) is 25.3 Å². The lowest BCUT2D eigenvalue weighted by molar-refractivity contribution is -0.137. The van der Waals surface area contributed by atoms with Gasteiger partial charge in [0.1, 0.15) is 6.23 Å². The summed E-state index contributed by atoms with van der Waals surface area (Å²) in [6, 6.07) is -0.366. The van der Waals surface area contributed by atoms with Crippen LogP contribution in [0.5, 0.6) is 0 Å². The van der Waals surface area contributed by atoms with Crippen molar-refractivity contribution in [3.8, 4) is 0 Å². The number of nitrogens with one attached hydrogen (secondary N) is 4. The van der Waals surface area contributed by atoms with Gasteiger partial charge in [-0.05, 0) is 97.8 Å². The normalized spacial score (nSPS) is 27.0. The van der Waals surface area contributed by atoms with E-state index in [1.165, 1.54) is 5.41 Å². The molecule has 3 aliphatic rings. The summed E-state index contributed by atoms with van der Waals surface area (Å²) < 4.78 is 0. The van der Waals surface area contributed by atoms with Crippen LogP contribution in [0.25, 0.3) is 18.2 Å². The van der Waals surface area contributed by atoms with E-state index in [-0.39, 0.29) is 36.2 Å². The fourth-order valence-corrected chi connectivity index (χ4v) is 6.82. The number of aromatic nitrogens is 1. The van der Waals surface area contributed by atoms with E-state index in [0.29, 0.717) is 35.4 Å². The van der Waals surface area contributed by atoms with Gasteiger partial charge in [0, 0.05) is 64.3 Å². The van der Waals surface area contributed by atoms with Crippen LogP contribution in [-0.4, -0.2) is 62.2 Å². The van der Waals surface area contributed by atoms with E-state index in [2.05, 4.69) is 46.2 Å². The average molecular weight is 655 g/mol. The van der Waals surface area contributed by atoms with Crippen molar-refractivity contribution in [3.63, 3.8) is 0 Å². The lowest BCUT2D eigenvalue weighted by atomic mass is 9.91. The fraction of sp³-hybridized carbons (Fsp3) is 0.424. The highest BCUT2D eigenvalue weighted by Crippen LogP contribution is 2.37. The second kappa shape index (κ2) is 14.7. The van der Waals surface area contributed by atoms with E-state index in [1.54, 1.807) is 12.2 Å². The maximum absolute atomic E-state index is 12.5. The first kappa shape index (κ1) is 34.3. The maximum atomic E-state index is 12.5. The summed E-state index contributed by atoms with van der Waals surface area (Å²) in [4.78, 5) is 39.0. The molecule has 45 heavy (non-hydrogen) atoms. The van der Waals surface area contributed by atoms with E-state index in [9.17, 15) is 29.7 Å². The Balaban J connectivity index is 1.75. The minimum absolute atomic E-state index is 0.00398. The molecule has 3 aliphatic heterocycles. The maximum Gasteiger partial charge on any atom is 0.328 e. The van der Waals surface area contributed by atoms with Gasteiger partial charge in [0.05, 0.1) is 6.04 Å². The van der Waals surface area contributed by atoms with E-state index in [0.717, 1.165) is 51.9 Å². The number of aromatic amines is 1. The Hall–Kier alpha value is -3.61. The van der Waals surface area contributed by atoms with E-state index >= 15 is 0 Å². The Bertz CT molecular complexity index is 1550. The predicted molar refractivity (Wildman–Crippen MR) is 182 cm³/mol. The first-order chi connectivity index (χ1) is 21.4. The minimum atomic E-state index is -1.08. The first-order valence-corrected chi connectivity index (χ1v) is 16.1. The van der Waals surface area contributed by atoms with Crippen molar-refractivity contribution in [1.29, 1.82) is 0 Å². The zero-order chi connectivity index (χ0) is 33.0. The zero-order valence-corrected chi connectivity index (χ0v) is 27.6. The molecule has 12 heteroatoms. The van der Waals surface area contributed by atoms with Crippen molar-refractivity contribution in [2.24, 2.45) is 11.8 Å². The largest absolute Gasteiger partial charge is 0.481 e. The van der Waals surface area contributed by atoms with Crippen LogP contribution in [-0.2, 0) is 14.4 Å². The number of aliphatic hydroxyl groups is 1. The molecule has 0 bridgehead atoms. The van der Waals surface area contributed by atoms with E-state index in [4.69, 9.17) is 0 Å². The fourth-order valence-electron chi connectivity index (χ4n) is 6.40. The van der Waals surface area contributed by atoms with Gasteiger partial charge in [-0.3, -0.25) is 9.59 Å². The Labute approximate surface area is 274 Å². The highest BCUT2D eigenvalue weighted by atomic mass is 32.1. The van der Waals surface area contributed by atoms with Gasteiger partial charge in [0.15, 0.2) is 0 Å². The number of aliphatic hydroxyl groups excluding tert-OH is 1. The molecule has 1 amide bonds. The minimum Gasteiger partial charge on any atom is -0.481 e. The number of hydrogen-bond donors (Lipinski definition) is 9. The molecule has 5 atom stereocenters. The van der Waals surface area contributed by atoms with Crippen molar-refractivity contribution in [1.82, 2.24) is 20.9 Å². The molecule has 242 valence electrons. The van der Waals surface area contributed by atoms with Gasteiger partial charge in [-0.25, -0.2) is 4.79 Å². The third kappa shape index (κ3) is 7.62. The third-order valence-corrected chi connectivity index (χ3v) is 9.50. The number of carboxylic acid groups (broad SMARTS) is 2. The van der Waals surface area contributed by atoms with Crippen molar-refractivity contribution in [2.45, 2.75) is 71.7 Å². The highest BCUT2D eigenvalue weighted by molar-refractivity contribution is 7.83. The number of aliphatic carboxylic acids is 2. The molecule has 0 spiro atoms. The molecule has 4 rings (SSSR count). The molecule has 1 saturated heterocycles. The van der Waals surface area contributed by atoms with Crippen molar-refractivity contribution >= 4 is 61.3 Å². The molecule has 0 aliphatic carbocycles. The highest BCUT2D eigenvalue weighted by Gasteiger charge is 2.36. The van der Waals surface area contributed by atoms with Gasteiger partial charge in [0.2, 0.25) is 0 Å². The average Bonchev–Trinajstić information content (AvgIpc) is 3.61. The second-order valence-electron chi connectivity index (χ2n) is 11.8. The number of allylic oxidation sites excluding steroid dienone is 2. The molecular formula is C33H42N4O6S2. The molecule has 10 nitrogen and oxygen atoms in total. The Kier molecular flexibility index (Phi) is 11.2. The summed E-state index contributed by atoms with van der Waals surface area (Å²) >= 11 is 8.52.